The summed E-state index contributed by atoms with van der Waals surface area (Å²) in [5.41, 5.74) is 2.24. The number of hydrogen-bond donors (Lipinski definition) is 1. The average Bonchev–Trinajstić information content (AvgIpc) is 2.71. The van der Waals surface area contributed by atoms with Crippen LogP contribution in [-0.4, -0.2) is 31.7 Å². The van der Waals surface area contributed by atoms with Gasteiger partial charge in [-0.05, 0) is 49.8 Å². The van der Waals surface area contributed by atoms with E-state index in [0.717, 1.165) is 23.6 Å². The number of nitrogens with one attached hydrogen (secondary N) is 1. The third kappa shape index (κ3) is 5.64. The average molecular weight is 419 g/mol. The molecule has 1 aliphatic heterocycles. The van der Waals surface area contributed by atoms with Crippen molar-refractivity contribution in [2.45, 2.75) is 44.0 Å². The first kappa shape index (κ1) is 21.5. The van der Waals surface area contributed by atoms with Crippen LogP contribution in [-0.2, 0) is 21.4 Å². The second-order valence-electron chi connectivity index (χ2n) is 7.58. The maximum absolute atomic E-state index is 13.9. The fourth-order valence-corrected chi connectivity index (χ4v) is 5.21. The van der Waals surface area contributed by atoms with Crippen LogP contribution < -0.4 is 5.32 Å². The van der Waals surface area contributed by atoms with Gasteiger partial charge in [-0.1, -0.05) is 42.0 Å². The van der Waals surface area contributed by atoms with Crippen molar-refractivity contribution in [1.82, 2.24) is 9.62 Å². The topological polar surface area (TPSA) is 66.5 Å². The van der Waals surface area contributed by atoms with Crippen LogP contribution in [0.15, 0.2) is 53.4 Å². The second kappa shape index (κ2) is 9.50. The summed E-state index contributed by atoms with van der Waals surface area (Å²) in [7, 11) is -3.81. The summed E-state index contributed by atoms with van der Waals surface area (Å²) in [6.45, 7) is 3.24. The van der Waals surface area contributed by atoms with E-state index in [1.807, 2.05) is 31.2 Å². The molecule has 1 fully saturated rings. The van der Waals surface area contributed by atoms with Crippen molar-refractivity contribution in [2.24, 2.45) is 5.92 Å². The molecule has 5 nitrogen and oxygen atoms in total. The zero-order valence-electron chi connectivity index (χ0n) is 16.6. The van der Waals surface area contributed by atoms with Gasteiger partial charge >= 0.3 is 0 Å². The van der Waals surface area contributed by atoms with Gasteiger partial charge in [0.1, 0.15) is 10.7 Å². The van der Waals surface area contributed by atoms with E-state index >= 15 is 0 Å². The maximum atomic E-state index is 13.9. The second-order valence-corrected chi connectivity index (χ2v) is 9.49. The SMILES string of the molecule is Cc1cccc(CNC(=O)CCC2CCN(S(=O)(=O)c3ccccc3F)CC2)c1. The minimum absolute atomic E-state index is 0.00733. The van der Waals surface area contributed by atoms with Crippen molar-refractivity contribution in [1.29, 1.82) is 0 Å². The van der Waals surface area contributed by atoms with Crippen LogP contribution in [0.4, 0.5) is 4.39 Å². The molecule has 0 bridgehead atoms. The lowest BCUT2D eigenvalue weighted by molar-refractivity contribution is -0.121. The first-order valence-electron chi connectivity index (χ1n) is 9.93. The molecule has 0 unspecified atom stereocenters. The quantitative estimate of drug-likeness (QED) is 0.747. The molecule has 0 atom stereocenters. The number of amides is 1. The van der Waals surface area contributed by atoms with E-state index in [-0.39, 0.29) is 10.8 Å². The van der Waals surface area contributed by atoms with Gasteiger partial charge in [-0.15, -0.1) is 0 Å². The summed E-state index contributed by atoms with van der Waals surface area (Å²) in [4.78, 5) is 11.9. The lowest BCUT2D eigenvalue weighted by Crippen LogP contribution is -2.39. The summed E-state index contributed by atoms with van der Waals surface area (Å²) in [5, 5.41) is 2.94. The molecule has 0 aromatic heterocycles. The molecule has 0 radical (unpaired) electrons. The van der Waals surface area contributed by atoms with Gasteiger partial charge in [-0.2, -0.15) is 4.31 Å². The van der Waals surface area contributed by atoms with Crippen LogP contribution in [0.1, 0.15) is 36.8 Å². The van der Waals surface area contributed by atoms with Crippen LogP contribution in [0.2, 0.25) is 0 Å². The molecule has 1 saturated heterocycles. The fourth-order valence-electron chi connectivity index (χ4n) is 3.68. The molecule has 0 aliphatic carbocycles. The van der Waals surface area contributed by atoms with E-state index in [4.69, 9.17) is 0 Å². The monoisotopic (exact) mass is 418 g/mol. The van der Waals surface area contributed by atoms with Gasteiger partial charge in [0.05, 0.1) is 0 Å². The fraction of sp³-hybridized carbons (Fsp3) is 0.409. The van der Waals surface area contributed by atoms with Crippen molar-refractivity contribution < 1.29 is 17.6 Å². The summed E-state index contributed by atoms with van der Waals surface area (Å²) >= 11 is 0. The Morgan fingerprint density at radius 3 is 2.55 bits per heavy atom. The normalized spacial score (nSPS) is 15.9. The highest BCUT2D eigenvalue weighted by molar-refractivity contribution is 7.89. The minimum Gasteiger partial charge on any atom is -0.352 e. The Morgan fingerprint density at radius 1 is 1.14 bits per heavy atom. The number of benzene rings is 2. The molecule has 7 heteroatoms. The Hall–Kier alpha value is -2.25. The Morgan fingerprint density at radius 2 is 1.86 bits per heavy atom. The standard InChI is InChI=1S/C22H27FN2O3S/c1-17-5-4-6-19(15-17)16-24-22(26)10-9-18-11-13-25(14-12-18)29(27,28)21-8-3-2-7-20(21)23/h2-8,15,18H,9-14,16H2,1H3,(H,24,26). The third-order valence-corrected chi connectivity index (χ3v) is 7.31. The number of nitrogens with zero attached hydrogens (tertiary/aromatic N) is 1. The number of aryl methyl sites for hydroxylation is 1. The maximum Gasteiger partial charge on any atom is 0.245 e. The van der Waals surface area contributed by atoms with Crippen LogP contribution in [0.5, 0.6) is 0 Å². The number of hydrogen-bond acceptors (Lipinski definition) is 3. The van der Waals surface area contributed by atoms with E-state index in [9.17, 15) is 17.6 Å². The van der Waals surface area contributed by atoms with E-state index < -0.39 is 15.8 Å². The molecular weight excluding hydrogens is 391 g/mol. The van der Waals surface area contributed by atoms with Crippen molar-refractivity contribution in [3.05, 3.63) is 65.5 Å². The molecule has 1 N–H and O–H groups in total. The first-order chi connectivity index (χ1) is 13.9. The molecule has 156 valence electrons. The molecule has 0 spiro atoms. The number of carbonyl (C=O) groups excluding carboxylic acids is 1. The summed E-state index contributed by atoms with van der Waals surface area (Å²) in [6, 6.07) is 13.5. The summed E-state index contributed by atoms with van der Waals surface area (Å²) < 4.78 is 40.5. The van der Waals surface area contributed by atoms with Gasteiger partial charge in [0.25, 0.3) is 0 Å². The highest BCUT2D eigenvalue weighted by Crippen LogP contribution is 2.27. The van der Waals surface area contributed by atoms with Gasteiger partial charge in [0.2, 0.25) is 15.9 Å². The molecular formula is C22H27FN2O3S. The number of sulfonamides is 1. The van der Waals surface area contributed by atoms with Gasteiger partial charge in [0, 0.05) is 26.1 Å². The van der Waals surface area contributed by atoms with E-state index in [0.29, 0.717) is 44.8 Å². The molecule has 2 aromatic carbocycles. The Bertz CT molecular complexity index is 954. The predicted molar refractivity (Wildman–Crippen MR) is 110 cm³/mol. The number of halogens is 1. The Kier molecular flexibility index (Phi) is 7.03. The minimum atomic E-state index is -3.81. The van der Waals surface area contributed by atoms with Gasteiger partial charge in [-0.25, -0.2) is 12.8 Å². The van der Waals surface area contributed by atoms with Gasteiger partial charge < -0.3 is 5.32 Å². The molecule has 0 saturated carbocycles. The number of rotatable bonds is 7. The van der Waals surface area contributed by atoms with Gasteiger partial charge in [0.15, 0.2) is 0 Å². The summed E-state index contributed by atoms with van der Waals surface area (Å²) in [5.74, 6) is -0.417. The number of carbonyl (C=O) groups is 1. The molecule has 1 aliphatic rings. The Balaban J connectivity index is 1.44. The molecule has 2 aromatic rings. The van der Waals surface area contributed by atoms with E-state index in [1.165, 1.54) is 22.5 Å². The van der Waals surface area contributed by atoms with Crippen molar-refractivity contribution in [3.8, 4) is 0 Å². The third-order valence-electron chi connectivity index (χ3n) is 5.38. The highest BCUT2D eigenvalue weighted by atomic mass is 32.2. The highest BCUT2D eigenvalue weighted by Gasteiger charge is 2.31. The first-order valence-corrected chi connectivity index (χ1v) is 11.4. The van der Waals surface area contributed by atoms with Crippen molar-refractivity contribution in [3.63, 3.8) is 0 Å². The molecule has 1 heterocycles. The van der Waals surface area contributed by atoms with Crippen LogP contribution in [0, 0.1) is 18.7 Å². The van der Waals surface area contributed by atoms with Crippen molar-refractivity contribution in [2.75, 3.05) is 13.1 Å². The largest absolute Gasteiger partial charge is 0.352 e. The predicted octanol–water partition coefficient (Wildman–Crippen LogP) is 3.63. The zero-order valence-corrected chi connectivity index (χ0v) is 17.4. The van der Waals surface area contributed by atoms with E-state index in [1.54, 1.807) is 0 Å². The number of piperidine rings is 1. The molecule has 3 rings (SSSR count). The molecule has 1 amide bonds. The molecule has 29 heavy (non-hydrogen) atoms. The van der Waals surface area contributed by atoms with Crippen LogP contribution in [0.3, 0.4) is 0 Å². The zero-order chi connectivity index (χ0) is 20.9. The van der Waals surface area contributed by atoms with Gasteiger partial charge in [-0.3, -0.25) is 4.79 Å². The van der Waals surface area contributed by atoms with Crippen LogP contribution >= 0.6 is 0 Å². The smallest absolute Gasteiger partial charge is 0.245 e. The van der Waals surface area contributed by atoms with E-state index in [2.05, 4.69) is 5.32 Å². The van der Waals surface area contributed by atoms with Crippen LogP contribution in [0.25, 0.3) is 0 Å². The lowest BCUT2D eigenvalue weighted by Gasteiger charge is -2.31. The summed E-state index contributed by atoms with van der Waals surface area (Å²) in [6.07, 6.45) is 2.52. The van der Waals surface area contributed by atoms with Crippen molar-refractivity contribution >= 4 is 15.9 Å². The lowest BCUT2D eigenvalue weighted by atomic mass is 9.93. The Labute approximate surface area is 172 Å².